The van der Waals surface area contributed by atoms with Crippen molar-refractivity contribution in [2.45, 2.75) is 84.7 Å². The molecular weight excluding hydrogens is 404 g/mol. The standard InChI is InChI=1S/C22H33BFNO6/c1-9-28-18(26)13-17(25-19(27)29-20(2,3)4)15-12-14(10-11-16(15)24)23-30-21(5,6)22(7,8)31-23/h10-12,17H,9,13H2,1-8H3,(H,25,27)/t17-/m0/s1. The summed E-state index contributed by atoms with van der Waals surface area (Å²) in [7, 11) is -0.714. The summed E-state index contributed by atoms with van der Waals surface area (Å²) in [5.41, 5.74) is -1.18. The average molecular weight is 437 g/mol. The second-order valence-electron chi connectivity index (χ2n) is 9.58. The van der Waals surface area contributed by atoms with E-state index in [2.05, 4.69) is 5.32 Å². The van der Waals surface area contributed by atoms with Gasteiger partial charge in [-0.15, -0.1) is 0 Å². The normalized spacial score (nSPS) is 18.4. The zero-order valence-corrected chi connectivity index (χ0v) is 19.6. The molecule has 1 aromatic carbocycles. The average Bonchev–Trinajstić information content (AvgIpc) is 2.81. The van der Waals surface area contributed by atoms with E-state index in [1.165, 1.54) is 6.07 Å². The van der Waals surface area contributed by atoms with E-state index in [1.54, 1.807) is 39.8 Å². The van der Waals surface area contributed by atoms with E-state index in [0.29, 0.717) is 5.46 Å². The molecule has 0 bridgehead atoms. The van der Waals surface area contributed by atoms with Crippen LogP contribution in [0, 0.1) is 5.82 Å². The van der Waals surface area contributed by atoms with Gasteiger partial charge in [0.2, 0.25) is 0 Å². The van der Waals surface area contributed by atoms with Crippen molar-refractivity contribution in [3.05, 3.63) is 29.6 Å². The van der Waals surface area contributed by atoms with Crippen molar-refractivity contribution in [2.24, 2.45) is 0 Å². The van der Waals surface area contributed by atoms with E-state index >= 15 is 0 Å². The number of ether oxygens (including phenoxy) is 2. The smallest absolute Gasteiger partial charge is 0.466 e. The summed E-state index contributed by atoms with van der Waals surface area (Å²) < 4.78 is 37.2. The largest absolute Gasteiger partial charge is 0.494 e. The fraction of sp³-hybridized carbons (Fsp3) is 0.636. The van der Waals surface area contributed by atoms with Crippen molar-refractivity contribution in [1.82, 2.24) is 5.32 Å². The molecule has 0 radical (unpaired) electrons. The highest BCUT2D eigenvalue weighted by molar-refractivity contribution is 6.62. The SMILES string of the molecule is CCOC(=O)C[C@H](NC(=O)OC(C)(C)C)c1cc(B2OC(C)(C)C(C)(C)O2)ccc1F. The molecule has 1 saturated heterocycles. The Kier molecular flexibility index (Phi) is 7.43. The Balaban J connectivity index is 2.35. The van der Waals surface area contributed by atoms with Crippen molar-refractivity contribution < 1.29 is 32.8 Å². The van der Waals surface area contributed by atoms with Crippen molar-refractivity contribution >= 4 is 24.6 Å². The summed E-state index contributed by atoms with van der Waals surface area (Å²) in [6.45, 7) is 14.7. The minimum absolute atomic E-state index is 0.117. The first-order valence-corrected chi connectivity index (χ1v) is 10.5. The van der Waals surface area contributed by atoms with Gasteiger partial charge in [-0.1, -0.05) is 12.1 Å². The number of carbonyl (C=O) groups excluding carboxylic acids is 2. The van der Waals surface area contributed by atoms with Gasteiger partial charge in [0.25, 0.3) is 0 Å². The van der Waals surface area contributed by atoms with Gasteiger partial charge in [0, 0.05) is 5.56 Å². The molecule has 9 heteroatoms. The Morgan fingerprint density at radius 1 is 1.16 bits per heavy atom. The number of esters is 1. The van der Waals surface area contributed by atoms with Crippen molar-refractivity contribution in [1.29, 1.82) is 0 Å². The molecule has 31 heavy (non-hydrogen) atoms. The van der Waals surface area contributed by atoms with Crippen LogP contribution in [0.15, 0.2) is 18.2 Å². The molecule has 1 heterocycles. The van der Waals surface area contributed by atoms with Gasteiger partial charge in [0.15, 0.2) is 0 Å². The van der Waals surface area contributed by atoms with Gasteiger partial charge in [-0.25, -0.2) is 9.18 Å². The lowest BCUT2D eigenvalue weighted by Crippen LogP contribution is -2.41. The van der Waals surface area contributed by atoms with Gasteiger partial charge in [0.1, 0.15) is 11.4 Å². The topological polar surface area (TPSA) is 83.1 Å². The molecule has 1 aromatic rings. The van der Waals surface area contributed by atoms with Gasteiger partial charge in [-0.05, 0) is 66.9 Å². The lowest BCUT2D eigenvalue weighted by Gasteiger charge is -2.32. The second-order valence-corrected chi connectivity index (χ2v) is 9.58. The monoisotopic (exact) mass is 437 g/mol. The van der Waals surface area contributed by atoms with Crippen LogP contribution in [0.4, 0.5) is 9.18 Å². The third-order valence-corrected chi connectivity index (χ3v) is 5.29. The molecule has 2 rings (SSSR count). The van der Waals surface area contributed by atoms with Crippen LogP contribution in [-0.4, -0.2) is 42.6 Å². The molecule has 1 aliphatic heterocycles. The van der Waals surface area contributed by atoms with Crippen LogP contribution in [0.3, 0.4) is 0 Å². The molecule has 1 aliphatic rings. The highest BCUT2D eigenvalue weighted by Gasteiger charge is 2.51. The van der Waals surface area contributed by atoms with Crippen LogP contribution in [0.1, 0.15) is 73.4 Å². The van der Waals surface area contributed by atoms with Crippen LogP contribution in [0.25, 0.3) is 0 Å². The maximum atomic E-state index is 14.8. The van der Waals surface area contributed by atoms with Crippen LogP contribution < -0.4 is 10.8 Å². The molecule has 0 saturated carbocycles. The highest BCUT2D eigenvalue weighted by Crippen LogP contribution is 2.36. The van der Waals surface area contributed by atoms with Gasteiger partial charge >= 0.3 is 19.2 Å². The van der Waals surface area contributed by atoms with E-state index < -0.39 is 47.8 Å². The molecule has 0 aliphatic carbocycles. The first-order chi connectivity index (χ1) is 14.1. The lowest BCUT2D eigenvalue weighted by atomic mass is 9.77. The number of amides is 1. The molecule has 0 aromatic heterocycles. The van der Waals surface area contributed by atoms with Crippen molar-refractivity contribution in [3.63, 3.8) is 0 Å². The third-order valence-electron chi connectivity index (χ3n) is 5.29. The Morgan fingerprint density at radius 3 is 2.26 bits per heavy atom. The van der Waals surface area contributed by atoms with Crippen LogP contribution in [0.5, 0.6) is 0 Å². The number of halogens is 1. The number of hydrogen-bond acceptors (Lipinski definition) is 6. The number of carbonyl (C=O) groups is 2. The summed E-state index contributed by atoms with van der Waals surface area (Å²) in [5, 5.41) is 2.59. The predicted molar refractivity (Wildman–Crippen MR) is 115 cm³/mol. The Labute approximate surface area is 184 Å². The zero-order valence-electron chi connectivity index (χ0n) is 19.6. The first-order valence-electron chi connectivity index (χ1n) is 10.5. The first kappa shape index (κ1) is 25.1. The van der Waals surface area contributed by atoms with E-state index in [4.69, 9.17) is 18.8 Å². The number of benzene rings is 1. The molecular formula is C22H33BFNO6. The maximum Gasteiger partial charge on any atom is 0.494 e. The Bertz CT molecular complexity index is 805. The Hall–Kier alpha value is -2.13. The maximum absolute atomic E-state index is 14.8. The highest BCUT2D eigenvalue weighted by atomic mass is 19.1. The van der Waals surface area contributed by atoms with Gasteiger partial charge in [-0.2, -0.15) is 0 Å². The van der Waals surface area contributed by atoms with Crippen molar-refractivity contribution in [2.75, 3.05) is 6.61 Å². The number of rotatable bonds is 6. The second kappa shape index (κ2) is 9.16. The number of nitrogens with one attached hydrogen (secondary N) is 1. The molecule has 172 valence electrons. The molecule has 1 fully saturated rings. The van der Waals surface area contributed by atoms with Crippen LogP contribution in [-0.2, 0) is 23.6 Å². The molecule has 1 atom stereocenters. The van der Waals surface area contributed by atoms with Gasteiger partial charge in [0.05, 0.1) is 30.3 Å². The van der Waals surface area contributed by atoms with E-state index in [-0.39, 0.29) is 18.6 Å². The summed E-state index contributed by atoms with van der Waals surface area (Å²) in [5.74, 6) is -1.14. The molecule has 0 spiro atoms. The lowest BCUT2D eigenvalue weighted by molar-refractivity contribution is -0.143. The minimum atomic E-state index is -0.990. The summed E-state index contributed by atoms with van der Waals surface area (Å²) in [4.78, 5) is 24.5. The fourth-order valence-electron chi connectivity index (χ4n) is 3.03. The Morgan fingerprint density at radius 2 is 1.74 bits per heavy atom. The van der Waals surface area contributed by atoms with Crippen LogP contribution >= 0.6 is 0 Å². The summed E-state index contributed by atoms with van der Waals surface area (Å²) in [6, 6.07) is 3.38. The molecule has 1 N–H and O–H groups in total. The third kappa shape index (κ3) is 6.43. The van der Waals surface area contributed by atoms with Gasteiger partial charge < -0.3 is 24.1 Å². The minimum Gasteiger partial charge on any atom is -0.466 e. The quantitative estimate of drug-likeness (QED) is 0.541. The molecule has 1 amide bonds. The fourth-order valence-corrected chi connectivity index (χ4v) is 3.03. The number of hydrogen-bond donors (Lipinski definition) is 1. The van der Waals surface area contributed by atoms with E-state index in [0.717, 1.165) is 0 Å². The predicted octanol–water partition coefficient (Wildman–Crippen LogP) is 3.64. The van der Waals surface area contributed by atoms with Crippen LogP contribution in [0.2, 0.25) is 0 Å². The summed E-state index contributed by atoms with van der Waals surface area (Å²) >= 11 is 0. The van der Waals surface area contributed by atoms with E-state index in [9.17, 15) is 14.0 Å². The van der Waals surface area contributed by atoms with Crippen molar-refractivity contribution in [3.8, 4) is 0 Å². The zero-order chi connectivity index (χ0) is 23.6. The number of alkyl carbamates (subject to hydrolysis) is 1. The molecule has 0 unspecified atom stereocenters. The van der Waals surface area contributed by atoms with Gasteiger partial charge in [-0.3, -0.25) is 4.79 Å². The van der Waals surface area contributed by atoms with E-state index in [1.807, 2.05) is 27.7 Å². The summed E-state index contributed by atoms with van der Waals surface area (Å²) in [6.07, 6.45) is -1.01. The molecule has 7 nitrogen and oxygen atoms in total.